The Morgan fingerprint density at radius 1 is 1.19 bits per heavy atom. The highest BCUT2D eigenvalue weighted by molar-refractivity contribution is 6.00. The molecule has 2 heterocycles. The lowest BCUT2D eigenvalue weighted by molar-refractivity contribution is -0.129. The maximum atomic E-state index is 12.3. The van der Waals surface area contributed by atoms with E-state index in [0.29, 0.717) is 12.3 Å². The molecule has 142 valence electrons. The van der Waals surface area contributed by atoms with E-state index in [2.05, 4.69) is 17.6 Å². The molecular weight excluding hydrogens is 346 g/mol. The molecule has 0 bridgehead atoms. The molecule has 1 fully saturated rings. The van der Waals surface area contributed by atoms with Crippen molar-refractivity contribution in [2.45, 2.75) is 26.3 Å². The van der Waals surface area contributed by atoms with Gasteiger partial charge in [-0.3, -0.25) is 14.4 Å². The van der Waals surface area contributed by atoms with E-state index in [9.17, 15) is 14.4 Å². The summed E-state index contributed by atoms with van der Waals surface area (Å²) < 4.78 is 5.13. The Bertz CT molecular complexity index is 799. The Morgan fingerprint density at radius 3 is 2.63 bits per heavy atom. The third-order valence-corrected chi connectivity index (χ3v) is 4.62. The molecule has 0 radical (unpaired) electrons. The van der Waals surface area contributed by atoms with Crippen LogP contribution in [0.4, 0.5) is 5.69 Å². The lowest BCUT2D eigenvalue weighted by Gasteiger charge is -2.17. The van der Waals surface area contributed by atoms with Crippen molar-refractivity contribution in [1.82, 2.24) is 10.6 Å². The third kappa shape index (κ3) is 4.75. The minimum absolute atomic E-state index is 0.0818. The van der Waals surface area contributed by atoms with Gasteiger partial charge in [-0.25, -0.2) is 0 Å². The minimum Gasteiger partial charge on any atom is -0.467 e. The van der Waals surface area contributed by atoms with Crippen molar-refractivity contribution in [3.8, 4) is 0 Å². The quantitative estimate of drug-likeness (QED) is 0.776. The smallest absolute Gasteiger partial charge is 0.239 e. The zero-order valence-corrected chi connectivity index (χ0v) is 15.2. The Labute approximate surface area is 157 Å². The largest absolute Gasteiger partial charge is 0.467 e. The Morgan fingerprint density at radius 2 is 1.96 bits per heavy atom. The van der Waals surface area contributed by atoms with E-state index in [-0.39, 0.29) is 37.2 Å². The number of furan rings is 1. The van der Waals surface area contributed by atoms with Crippen LogP contribution in [0.15, 0.2) is 47.1 Å². The molecule has 1 aromatic heterocycles. The third-order valence-electron chi connectivity index (χ3n) is 4.62. The Balaban J connectivity index is 1.47. The molecule has 0 spiro atoms. The number of benzene rings is 1. The molecule has 2 aromatic rings. The lowest BCUT2D eigenvalue weighted by atomic mass is 10.1. The number of carbonyl (C=O) groups excluding carboxylic acids is 3. The van der Waals surface area contributed by atoms with Crippen LogP contribution in [-0.2, 0) is 27.3 Å². The van der Waals surface area contributed by atoms with Crippen LogP contribution >= 0.6 is 0 Å². The average Bonchev–Trinajstić information content (AvgIpc) is 3.34. The first-order chi connectivity index (χ1) is 13.1. The first kappa shape index (κ1) is 18.7. The SMILES string of the molecule is CCc1ccc(N2CC(C(=O)NCC(=O)NCc3ccco3)CC2=O)cc1. The maximum absolute atomic E-state index is 12.3. The van der Waals surface area contributed by atoms with Crippen LogP contribution < -0.4 is 15.5 Å². The van der Waals surface area contributed by atoms with E-state index in [4.69, 9.17) is 4.42 Å². The molecule has 0 aliphatic carbocycles. The van der Waals surface area contributed by atoms with E-state index < -0.39 is 5.92 Å². The number of hydrogen-bond acceptors (Lipinski definition) is 4. The molecular formula is C20H23N3O4. The van der Waals surface area contributed by atoms with Crippen molar-refractivity contribution < 1.29 is 18.8 Å². The maximum Gasteiger partial charge on any atom is 0.239 e. The molecule has 1 atom stereocenters. The van der Waals surface area contributed by atoms with Gasteiger partial charge in [0.2, 0.25) is 17.7 Å². The molecule has 1 aromatic carbocycles. The number of anilines is 1. The standard InChI is InChI=1S/C20H23N3O4/c1-2-14-5-7-16(8-6-14)23-13-15(10-19(23)25)20(26)22-12-18(24)21-11-17-4-3-9-27-17/h3-9,15H,2,10-13H2,1H3,(H,21,24)(H,22,26). The van der Waals surface area contributed by atoms with E-state index in [1.807, 2.05) is 24.3 Å². The van der Waals surface area contributed by atoms with Crippen LogP contribution in [0.5, 0.6) is 0 Å². The van der Waals surface area contributed by atoms with Crippen molar-refractivity contribution in [1.29, 1.82) is 0 Å². The van der Waals surface area contributed by atoms with Gasteiger partial charge in [0, 0.05) is 18.7 Å². The van der Waals surface area contributed by atoms with Crippen molar-refractivity contribution >= 4 is 23.4 Å². The van der Waals surface area contributed by atoms with E-state index in [1.165, 1.54) is 11.8 Å². The van der Waals surface area contributed by atoms with Gasteiger partial charge in [0.25, 0.3) is 0 Å². The van der Waals surface area contributed by atoms with Gasteiger partial charge in [0.1, 0.15) is 5.76 Å². The van der Waals surface area contributed by atoms with Gasteiger partial charge in [-0.15, -0.1) is 0 Å². The molecule has 27 heavy (non-hydrogen) atoms. The fourth-order valence-electron chi connectivity index (χ4n) is 3.02. The summed E-state index contributed by atoms with van der Waals surface area (Å²) in [6.45, 7) is 2.53. The second-order valence-corrected chi connectivity index (χ2v) is 6.50. The monoisotopic (exact) mass is 369 g/mol. The number of hydrogen-bond donors (Lipinski definition) is 2. The molecule has 0 saturated carbocycles. The van der Waals surface area contributed by atoms with Crippen molar-refractivity contribution in [2.75, 3.05) is 18.0 Å². The number of carbonyl (C=O) groups is 3. The van der Waals surface area contributed by atoms with Crippen molar-refractivity contribution in [3.05, 3.63) is 54.0 Å². The lowest BCUT2D eigenvalue weighted by Crippen LogP contribution is -2.40. The van der Waals surface area contributed by atoms with E-state index in [0.717, 1.165) is 12.1 Å². The summed E-state index contributed by atoms with van der Waals surface area (Å²) in [7, 11) is 0. The number of nitrogens with one attached hydrogen (secondary N) is 2. The zero-order chi connectivity index (χ0) is 19.2. The zero-order valence-electron chi connectivity index (χ0n) is 15.2. The average molecular weight is 369 g/mol. The van der Waals surface area contributed by atoms with Crippen molar-refractivity contribution in [3.63, 3.8) is 0 Å². The van der Waals surface area contributed by atoms with Gasteiger partial charge in [0.05, 0.1) is 25.3 Å². The first-order valence-electron chi connectivity index (χ1n) is 9.03. The summed E-state index contributed by atoms with van der Waals surface area (Å²) >= 11 is 0. The van der Waals surface area contributed by atoms with Crippen molar-refractivity contribution in [2.24, 2.45) is 5.92 Å². The second kappa shape index (κ2) is 8.53. The van der Waals surface area contributed by atoms with Gasteiger partial charge >= 0.3 is 0 Å². The van der Waals surface area contributed by atoms with Gasteiger partial charge in [-0.2, -0.15) is 0 Å². The summed E-state index contributed by atoms with van der Waals surface area (Å²) in [5.74, 6) is -0.496. The molecule has 1 unspecified atom stereocenters. The fourth-order valence-corrected chi connectivity index (χ4v) is 3.02. The Kier molecular flexibility index (Phi) is 5.90. The number of amides is 3. The fraction of sp³-hybridized carbons (Fsp3) is 0.350. The van der Waals surface area contributed by atoms with Crippen LogP contribution in [0.3, 0.4) is 0 Å². The molecule has 3 amide bonds. The van der Waals surface area contributed by atoms with Gasteiger partial charge < -0.3 is 20.0 Å². The molecule has 1 aliphatic heterocycles. The molecule has 3 rings (SSSR count). The number of aryl methyl sites for hydroxylation is 1. The summed E-state index contributed by atoms with van der Waals surface area (Å²) in [5.41, 5.74) is 1.99. The number of nitrogens with zero attached hydrogens (tertiary/aromatic N) is 1. The van der Waals surface area contributed by atoms with Crippen LogP contribution in [-0.4, -0.2) is 30.8 Å². The minimum atomic E-state index is -0.457. The molecule has 1 saturated heterocycles. The van der Waals surface area contributed by atoms with Crippen LogP contribution in [0.25, 0.3) is 0 Å². The summed E-state index contributed by atoms with van der Waals surface area (Å²) in [5, 5.41) is 5.27. The van der Waals surface area contributed by atoms with E-state index >= 15 is 0 Å². The van der Waals surface area contributed by atoms with Gasteiger partial charge in [-0.1, -0.05) is 19.1 Å². The molecule has 1 aliphatic rings. The highest BCUT2D eigenvalue weighted by Gasteiger charge is 2.35. The van der Waals surface area contributed by atoms with Gasteiger partial charge in [-0.05, 0) is 36.2 Å². The normalized spacial score (nSPS) is 16.4. The topological polar surface area (TPSA) is 91.7 Å². The predicted octanol–water partition coefficient (Wildman–Crippen LogP) is 1.63. The summed E-state index contributed by atoms with van der Waals surface area (Å²) in [6, 6.07) is 11.3. The molecule has 2 N–H and O–H groups in total. The van der Waals surface area contributed by atoms with Crippen LogP contribution in [0, 0.1) is 5.92 Å². The van der Waals surface area contributed by atoms with Crippen LogP contribution in [0.2, 0.25) is 0 Å². The number of rotatable bonds is 7. The molecule has 7 nitrogen and oxygen atoms in total. The predicted molar refractivity (Wildman–Crippen MR) is 99.8 cm³/mol. The molecule has 7 heteroatoms. The van der Waals surface area contributed by atoms with Crippen LogP contribution in [0.1, 0.15) is 24.7 Å². The first-order valence-corrected chi connectivity index (χ1v) is 9.03. The van der Waals surface area contributed by atoms with Gasteiger partial charge in [0.15, 0.2) is 0 Å². The second-order valence-electron chi connectivity index (χ2n) is 6.50. The highest BCUT2D eigenvalue weighted by Crippen LogP contribution is 2.25. The Hall–Kier alpha value is -3.09. The highest BCUT2D eigenvalue weighted by atomic mass is 16.3. The summed E-state index contributed by atoms with van der Waals surface area (Å²) in [4.78, 5) is 38.0. The van der Waals surface area contributed by atoms with E-state index in [1.54, 1.807) is 17.0 Å². The summed E-state index contributed by atoms with van der Waals surface area (Å²) in [6.07, 6.45) is 2.61.